The Morgan fingerprint density at radius 3 is 2.61 bits per heavy atom. The SMILES string of the molecule is CN1CCN(C2CCN(C(=O)COCc3ccccc3)C2)CC1. The molecule has 1 aromatic rings. The summed E-state index contributed by atoms with van der Waals surface area (Å²) in [6.45, 7) is 6.91. The number of hydrogen-bond donors (Lipinski definition) is 0. The topological polar surface area (TPSA) is 36.0 Å². The van der Waals surface area contributed by atoms with Gasteiger partial charge in [0, 0.05) is 45.3 Å². The van der Waals surface area contributed by atoms with E-state index in [4.69, 9.17) is 4.74 Å². The Morgan fingerprint density at radius 1 is 1.13 bits per heavy atom. The number of carbonyl (C=O) groups is 1. The zero-order chi connectivity index (χ0) is 16.1. The van der Waals surface area contributed by atoms with Gasteiger partial charge in [-0.3, -0.25) is 9.69 Å². The Balaban J connectivity index is 1.39. The van der Waals surface area contributed by atoms with Crippen LogP contribution >= 0.6 is 0 Å². The van der Waals surface area contributed by atoms with E-state index in [0.29, 0.717) is 12.6 Å². The van der Waals surface area contributed by atoms with Crippen molar-refractivity contribution in [3.8, 4) is 0 Å². The van der Waals surface area contributed by atoms with Crippen molar-refractivity contribution < 1.29 is 9.53 Å². The second-order valence-corrected chi connectivity index (χ2v) is 6.60. The van der Waals surface area contributed by atoms with E-state index in [-0.39, 0.29) is 12.5 Å². The van der Waals surface area contributed by atoms with Crippen molar-refractivity contribution in [3.63, 3.8) is 0 Å². The molecule has 0 aromatic heterocycles. The normalized spacial score (nSPS) is 23.3. The molecule has 5 nitrogen and oxygen atoms in total. The molecular formula is C18H27N3O2. The van der Waals surface area contributed by atoms with Crippen molar-refractivity contribution >= 4 is 5.91 Å². The van der Waals surface area contributed by atoms with Crippen LogP contribution in [0.25, 0.3) is 0 Å². The summed E-state index contributed by atoms with van der Waals surface area (Å²) in [7, 11) is 2.17. The molecule has 0 saturated carbocycles. The third-order valence-electron chi connectivity index (χ3n) is 4.91. The number of nitrogens with zero attached hydrogens (tertiary/aromatic N) is 3. The van der Waals surface area contributed by atoms with E-state index in [1.165, 1.54) is 0 Å². The summed E-state index contributed by atoms with van der Waals surface area (Å²) >= 11 is 0. The number of carbonyl (C=O) groups excluding carboxylic acids is 1. The first-order valence-electron chi connectivity index (χ1n) is 8.54. The summed E-state index contributed by atoms with van der Waals surface area (Å²) < 4.78 is 5.58. The van der Waals surface area contributed by atoms with E-state index < -0.39 is 0 Å². The van der Waals surface area contributed by atoms with E-state index in [9.17, 15) is 4.79 Å². The number of ether oxygens (including phenoxy) is 1. The fraction of sp³-hybridized carbons (Fsp3) is 0.611. The molecule has 1 unspecified atom stereocenters. The predicted molar refractivity (Wildman–Crippen MR) is 90.2 cm³/mol. The minimum Gasteiger partial charge on any atom is -0.367 e. The molecule has 1 aromatic carbocycles. The summed E-state index contributed by atoms with van der Waals surface area (Å²) in [5.74, 6) is 0.123. The molecule has 2 heterocycles. The van der Waals surface area contributed by atoms with Gasteiger partial charge < -0.3 is 14.5 Å². The van der Waals surface area contributed by atoms with Gasteiger partial charge in [-0.2, -0.15) is 0 Å². The lowest BCUT2D eigenvalue weighted by molar-refractivity contribution is -0.135. The molecule has 0 spiro atoms. The second-order valence-electron chi connectivity index (χ2n) is 6.60. The maximum absolute atomic E-state index is 12.3. The molecule has 0 N–H and O–H groups in total. The summed E-state index contributed by atoms with van der Waals surface area (Å²) in [6, 6.07) is 10.5. The van der Waals surface area contributed by atoms with E-state index in [1.54, 1.807) is 0 Å². The third-order valence-corrected chi connectivity index (χ3v) is 4.91. The minimum atomic E-state index is 0.123. The van der Waals surface area contributed by atoms with Gasteiger partial charge in [0.25, 0.3) is 0 Å². The molecule has 1 atom stereocenters. The quantitative estimate of drug-likeness (QED) is 0.813. The van der Waals surface area contributed by atoms with E-state index in [0.717, 1.165) is 51.3 Å². The fourth-order valence-corrected chi connectivity index (χ4v) is 3.38. The number of hydrogen-bond acceptors (Lipinski definition) is 4. The van der Waals surface area contributed by atoms with Gasteiger partial charge in [0.2, 0.25) is 5.91 Å². The Hall–Kier alpha value is -1.43. The molecule has 1 amide bonds. The zero-order valence-electron chi connectivity index (χ0n) is 14.0. The number of piperazine rings is 1. The lowest BCUT2D eigenvalue weighted by Crippen LogP contribution is -2.50. The van der Waals surface area contributed by atoms with Crippen LogP contribution in [0.5, 0.6) is 0 Å². The molecule has 0 radical (unpaired) electrons. The van der Waals surface area contributed by atoms with Gasteiger partial charge >= 0.3 is 0 Å². The maximum Gasteiger partial charge on any atom is 0.248 e. The van der Waals surface area contributed by atoms with Crippen LogP contribution in [0.2, 0.25) is 0 Å². The standard InChI is InChI=1S/C18H27N3O2/c1-19-9-11-20(12-10-19)17-7-8-21(13-17)18(22)15-23-14-16-5-3-2-4-6-16/h2-6,17H,7-15H2,1H3. The highest BCUT2D eigenvalue weighted by Gasteiger charge is 2.31. The van der Waals surface area contributed by atoms with Crippen molar-refractivity contribution in [3.05, 3.63) is 35.9 Å². The lowest BCUT2D eigenvalue weighted by Gasteiger charge is -2.36. The fourth-order valence-electron chi connectivity index (χ4n) is 3.38. The van der Waals surface area contributed by atoms with Gasteiger partial charge in [0.15, 0.2) is 0 Å². The van der Waals surface area contributed by atoms with E-state index >= 15 is 0 Å². The average molecular weight is 317 g/mol. The van der Waals surface area contributed by atoms with E-state index in [2.05, 4.69) is 16.8 Å². The molecule has 2 fully saturated rings. The van der Waals surface area contributed by atoms with Crippen LogP contribution in [0.4, 0.5) is 0 Å². The van der Waals surface area contributed by atoms with Gasteiger partial charge in [0.1, 0.15) is 6.61 Å². The number of amides is 1. The Bertz CT molecular complexity index is 500. The van der Waals surface area contributed by atoms with Crippen molar-refractivity contribution in [1.82, 2.24) is 14.7 Å². The molecule has 0 aliphatic carbocycles. The average Bonchev–Trinajstić information content (AvgIpc) is 3.06. The third kappa shape index (κ3) is 4.53. The molecule has 23 heavy (non-hydrogen) atoms. The molecule has 2 aliphatic rings. The zero-order valence-corrected chi connectivity index (χ0v) is 14.0. The van der Waals surface area contributed by atoms with E-state index in [1.807, 2.05) is 35.2 Å². The highest BCUT2D eigenvalue weighted by molar-refractivity contribution is 5.77. The van der Waals surface area contributed by atoms with Crippen LogP contribution in [0.3, 0.4) is 0 Å². The predicted octanol–water partition coefficient (Wildman–Crippen LogP) is 1.05. The first-order chi connectivity index (χ1) is 11.2. The lowest BCUT2D eigenvalue weighted by atomic mass is 10.2. The summed E-state index contributed by atoms with van der Waals surface area (Å²) in [5, 5.41) is 0. The van der Waals surface area contributed by atoms with Crippen LogP contribution in [-0.4, -0.2) is 79.6 Å². The Labute approximate surface area is 138 Å². The molecule has 5 heteroatoms. The largest absolute Gasteiger partial charge is 0.367 e. The number of rotatable bonds is 5. The molecule has 2 saturated heterocycles. The maximum atomic E-state index is 12.3. The number of likely N-dealkylation sites (tertiary alicyclic amines) is 1. The first-order valence-corrected chi connectivity index (χ1v) is 8.54. The molecular weight excluding hydrogens is 290 g/mol. The van der Waals surface area contributed by atoms with Crippen molar-refractivity contribution in [2.45, 2.75) is 19.1 Å². The Kier molecular flexibility index (Phi) is 5.65. The van der Waals surface area contributed by atoms with Crippen LogP contribution in [0.1, 0.15) is 12.0 Å². The highest BCUT2D eigenvalue weighted by atomic mass is 16.5. The minimum absolute atomic E-state index is 0.123. The summed E-state index contributed by atoms with van der Waals surface area (Å²) in [6.07, 6.45) is 1.09. The van der Waals surface area contributed by atoms with Crippen molar-refractivity contribution in [1.29, 1.82) is 0 Å². The van der Waals surface area contributed by atoms with Crippen molar-refractivity contribution in [2.75, 3.05) is 52.9 Å². The van der Waals surface area contributed by atoms with Gasteiger partial charge in [-0.05, 0) is 19.0 Å². The number of likely N-dealkylation sites (N-methyl/N-ethyl adjacent to an activating group) is 1. The van der Waals surface area contributed by atoms with Crippen LogP contribution in [-0.2, 0) is 16.1 Å². The van der Waals surface area contributed by atoms with Gasteiger partial charge in [-0.1, -0.05) is 30.3 Å². The summed E-state index contributed by atoms with van der Waals surface area (Å²) in [4.78, 5) is 19.2. The second kappa shape index (κ2) is 7.90. The van der Waals surface area contributed by atoms with Gasteiger partial charge in [-0.25, -0.2) is 0 Å². The highest BCUT2D eigenvalue weighted by Crippen LogP contribution is 2.17. The van der Waals surface area contributed by atoms with Crippen LogP contribution in [0, 0.1) is 0 Å². The smallest absolute Gasteiger partial charge is 0.248 e. The molecule has 0 bridgehead atoms. The van der Waals surface area contributed by atoms with Gasteiger partial charge in [-0.15, -0.1) is 0 Å². The first kappa shape index (κ1) is 16.4. The van der Waals surface area contributed by atoms with Gasteiger partial charge in [0.05, 0.1) is 6.61 Å². The molecule has 2 aliphatic heterocycles. The van der Waals surface area contributed by atoms with Crippen LogP contribution in [0.15, 0.2) is 30.3 Å². The molecule has 3 rings (SSSR count). The molecule has 126 valence electrons. The van der Waals surface area contributed by atoms with Crippen molar-refractivity contribution in [2.24, 2.45) is 0 Å². The summed E-state index contributed by atoms with van der Waals surface area (Å²) in [5.41, 5.74) is 1.11. The Morgan fingerprint density at radius 2 is 1.87 bits per heavy atom. The van der Waals surface area contributed by atoms with Crippen LogP contribution < -0.4 is 0 Å². The monoisotopic (exact) mass is 317 g/mol. The number of benzene rings is 1.